The first-order valence-electron chi connectivity index (χ1n) is 6.78. The van der Waals surface area contributed by atoms with Crippen LogP contribution in [0.4, 0.5) is 0 Å². The van der Waals surface area contributed by atoms with Crippen LogP contribution in [0.15, 0.2) is 42.5 Å². The number of fused-ring (bicyclic) bond motifs is 1. The van der Waals surface area contributed by atoms with E-state index >= 15 is 0 Å². The Morgan fingerprint density at radius 3 is 2.67 bits per heavy atom. The summed E-state index contributed by atoms with van der Waals surface area (Å²) in [4.78, 5) is 12.2. The number of rotatable bonds is 1. The van der Waals surface area contributed by atoms with Crippen molar-refractivity contribution in [2.24, 2.45) is 5.92 Å². The molecule has 92 valence electrons. The Morgan fingerprint density at radius 1 is 1.06 bits per heavy atom. The smallest absolute Gasteiger partial charge is 0.140 e. The number of carbonyl (C=O) groups is 1. The number of Topliss-reactive ketones (excluding diaryl/α,β-unsaturated/α-hetero) is 1. The Kier molecular flexibility index (Phi) is 2.91. The molecule has 1 saturated carbocycles. The summed E-state index contributed by atoms with van der Waals surface area (Å²) >= 11 is 0. The van der Waals surface area contributed by atoms with E-state index in [-0.39, 0.29) is 5.92 Å². The van der Waals surface area contributed by atoms with Gasteiger partial charge in [0.25, 0.3) is 0 Å². The van der Waals surface area contributed by atoms with E-state index in [2.05, 4.69) is 49.4 Å². The molecule has 0 spiro atoms. The predicted octanol–water partition coefficient (Wildman–Crippen LogP) is 4.31. The Morgan fingerprint density at radius 2 is 1.83 bits per heavy atom. The van der Waals surface area contributed by atoms with E-state index < -0.39 is 0 Å². The molecule has 3 rings (SSSR count). The van der Waals surface area contributed by atoms with Gasteiger partial charge in [-0.05, 0) is 35.1 Å². The molecule has 2 atom stereocenters. The number of ketones is 1. The molecule has 1 aliphatic carbocycles. The summed E-state index contributed by atoms with van der Waals surface area (Å²) in [5.41, 5.74) is 1.23. The normalized spacial score (nSPS) is 24.4. The van der Waals surface area contributed by atoms with Gasteiger partial charge < -0.3 is 0 Å². The molecule has 0 N–H and O–H groups in total. The highest BCUT2D eigenvalue weighted by molar-refractivity contribution is 5.94. The van der Waals surface area contributed by atoms with Gasteiger partial charge in [0, 0.05) is 12.3 Å². The lowest BCUT2D eigenvalue weighted by atomic mass is 9.74. The molecule has 0 saturated heterocycles. The standard InChI is InChI=1S/C17H18O/c1-12-6-4-11-16(18)17(12)15-10-5-8-13-7-2-3-9-14(13)15/h2-3,5,7-10,12,17H,4,6,11H2,1H3. The van der Waals surface area contributed by atoms with E-state index in [0.29, 0.717) is 11.7 Å². The SMILES string of the molecule is CC1CCCC(=O)C1c1cccc2ccccc12. The average molecular weight is 238 g/mol. The second-order valence-electron chi connectivity index (χ2n) is 5.38. The number of hydrogen-bond donors (Lipinski definition) is 0. The van der Waals surface area contributed by atoms with Crippen molar-refractivity contribution >= 4 is 16.6 Å². The van der Waals surface area contributed by atoms with Crippen LogP contribution in [-0.2, 0) is 4.79 Å². The molecule has 0 amide bonds. The van der Waals surface area contributed by atoms with Crippen LogP contribution >= 0.6 is 0 Å². The zero-order chi connectivity index (χ0) is 12.5. The molecule has 18 heavy (non-hydrogen) atoms. The van der Waals surface area contributed by atoms with Crippen molar-refractivity contribution in [3.8, 4) is 0 Å². The van der Waals surface area contributed by atoms with Crippen LogP contribution in [0, 0.1) is 5.92 Å². The van der Waals surface area contributed by atoms with Crippen molar-refractivity contribution < 1.29 is 4.79 Å². The van der Waals surface area contributed by atoms with Crippen LogP contribution < -0.4 is 0 Å². The molecule has 1 fully saturated rings. The first kappa shape index (κ1) is 11.5. The monoisotopic (exact) mass is 238 g/mol. The number of hydrogen-bond acceptors (Lipinski definition) is 1. The van der Waals surface area contributed by atoms with Gasteiger partial charge in [0.05, 0.1) is 0 Å². The second kappa shape index (κ2) is 4.56. The molecule has 1 nitrogen and oxygen atoms in total. The van der Waals surface area contributed by atoms with Gasteiger partial charge in [0.2, 0.25) is 0 Å². The number of carbonyl (C=O) groups excluding carboxylic acids is 1. The van der Waals surface area contributed by atoms with Gasteiger partial charge in [-0.3, -0.25) is 4.79 Å². The fourth-order valence-electron chi connectivity index (χ4n) is 3.24. The van der Waals surface area contributed by atoms with Crippen molar-refractivity contribution in [3.63, 3.8) is 0 Å². The first-order valence-corrected chi connectivity index (χ1v) is 6.78. The van der Waals surface area contributed by atoms with E-state index in [4.69, 9.17) is 0 Å². The molecular weight excluding hydrogens is 220 g/mol. The van der Waals surface area contributed by atoms with Gasteiger partial charge in [0.15, 0.2) is 0 Å². The lowest BCUT2D eigenvalue weighted by molar-refractivity contribution is -0.123. The molecule has 0 radical (unpaired) electrons. The van der Waals surface area contributed by atoms with E-state index in [1.165, 1.54) is 22.8 Å². The molecule has 0 aromatic heterocycles. The summed E-state index contributed by atoms with van der Waals surface area (Å²) in [6.45, 7) is 2.21. The molecule has 0 heterocycles. The Labute approximate surface area is 108 Å². The van der Waals surface area contributed by atoms with E-state index in [1.807, 2.05) is 0 Å². The van der Waals surface area contributed by atoms with Gasteiger partial charge in [0.1, 0.15) is 5.78 Å². The quantitative estimate of drug-likeness (QED) is 0.723. The van der Waals surface area contributed by atoms with Crippen molar-refractivity contribution in [1.82, 2.24) is 0 Å². The highest BCUT2D eigenvalue weighted by Gasteiger charge is 2.30. The van der Waals surface area contributed by atoms with Crippen LogP contribution in [0.1, 0.15) is 37.7 Å². The van der Waals surface area contributed by atoms with Gasteiger partial charge in [-0.15, -0.1) is 0 Å². The minimum Gasteiger partial charge on any atom is -0.299 e. The number of benzene rings is 2. The Balaban J connectivity index is 2.16. The maximum absolute atomic E-state index is 12.2. The van der Waals surface area contributed by atoms with Crippen LogP contribution in [0.5, 0.6) is 0 Å². The lowest BCUT2D eigenvalue weighted by Crippen LogP contribution is -2.24. The summed E-state index contributed by atoms with van der Waals surface area (Å²) in [5, 5.41) is 2.48. The summed E-state index contributed by atoms with van der Waals surface area (Å²) in [6, 6.07) is 14.7. The third-order valence-electron chi connectivity index (χ3n) is 4.16. The summed E-state index contributed by atoms with van der Waals surface area (Å²) in [6.07, 6.45) is 2.97. The summed E-state index contributed by atoms with van der Waals surface area (Å²) in [5.74, 6) is 0.993. The molecule has 1 heteroatoms. The topological polar surface area (TPSA) is 17.1 Å². The van der Waals surface area contributed by atoms with Gasteiger partial charge in [-0.2, -0.15) is 0 Å². The highest BCUT2D eigenvalue weighted by Crippen LogP contribution is 2.38. The zero-order valence-electron chi connectivity index (χ0n) is 10.7. The third kappa shape index (κ3) is 1.84. The van der Waals surface area contributed by atoms with E-state index in [9.17, 15) is 4.79 Å². The maximum atomic E-state index is 12.2. The molecule has 2 aromatic carbocycles. The Hall–Kier alpha value is -1.63. The van der Waals surface area contributed by atoms with Gasteiger partial charge in [-0.1, -0.05) is 49.4 Å². The van der Waals surface area contributed by atoms with Crippen molar-refractivity contribution in [3.05, 3.63) is 48.0 Å². The minimum absolute atomic E-state index is 0.102. The first-order chi connectivity index (χ1) is 8.77. The minimum atomic E-state index is 0.102. The van der Waals surface area contributed by atoms with Crippen molar-refractivity contribution in [2.45, 2.75) is 32.1 Å². The molecule has 0 aliphatic heterocycles. The van der Waals surface area contributed by atoms with Crippen LogP contribution in [0.3, 0.4) is 0 Å². The average Bonchev–Trinajstić information content (AvgIpc) is 2.39. The van der Waals surface area contributed by atoms with Crippen LogP contribution in [0.2, 0.25) is 0 Å². The van der Waals surface area contributed by atoms with Crippen molar-refractivity contribution in [2.75, 3.05) is 0 Å². The zero-order valence-corrected chi connectivity index (χ0v) is 10.7. The van der Waals surface area contributed by atoms with E-state index in [1.54, 1.807) is 0 Å². The predicted molar refractivity (Wildman–Crippen MR) is 74.7 cm³/mol. The molecule has 0 bridgehead atoms. The molecule has 2 aromatic rings. The van der Waals surface area contributed by atoms with Gasteiger partial charge >= 0.3 is 0 Å². The Bertz CT molecular complexity index is 580. The van der Waals surface area contributed by atoms with E-state index in [0.717, 1.165) is 12.8 Å². The highest BCUT2D eigenvalue weighted by atomic mass is 16.1. The molecular formula is C17H18O. The second-order valence-corrected chi connectivity index (χ2v) is 5.38. The summed E-state index contributed by atoms with van der Waals surface area (Å²) < 4.78 is 0. The largest absolute Gasteiger partial charge is 0.299 e. The van der Waals surface area contributed by atoms with Gasteiger partial charge in [-0.25, -0.2) is 0 Å². The summed E-state index contributed by atoms with van der Waals surface area (Å²) in [7, 11) is 0. The maximum Gasteiger partial charge on any atom is 0.140 e. The fourth-order valence-corrected chi connectivity index (χ4v) is 3.24. The van der Waals surface area contributed by atoms with Crippen LogP contribution in [-0.4, -0.2) is 5.78 Å². The van der Waals surface area contributed by atoms with Crippen molar-refractivity contribution in [1.29, 1.82) is 0 Å². The molecule has 1 aliphatic rings. The lowest BCUT2D eigenvalue weighted by Gasteiger charge is -2.28. The third-order valence-corrected chi connectivity index (χ3v) is 4.16. The molecule has 2 unspecified atom stereocenters. The fraction of sp³-hybridized carbons (Fsp3) is 0.353. The van der Waals surface area contributed by atoms with Crippen LogP contribution in [0.25, 0.3) is 10.8 Å².